The van der Waals surface area contributed by atoms with Crippen molar-refractivity contribution in [2.75, 3.05) is 12.9 Å². The first-order chi connectivity index (χ1) is 12.7. The van der Waals surface area contributed by atoms with Crippen molar-refractivity contribution in [3.05, 3.63) is 34.6 Å². The lowest BCUT2D eigenvalue weighted by Crippen LogP contribution is -2.20. The zero-order valence-corrected chi connectivity index (χ0v) is 15.0. The third-order valence-corrected chi connectivity index (χ3v) is 4.72. The molecule has 0 atom stereocenters. The Balaban J connectivity index is 1.80. The predicted molar refractivity (Wildman–Crippen MR) is 95.6 cm³/mol. The van der Waals surface area contributed by atoms with Crippen LogP contribution in [0.1, 0.15) is 19.2 Å². The van der Waals surface area contributed by atoms with E-state index in [2.05, 4.69) is 37.2 Å². The van der Waals surface area contributed by atoms with Gasteiger partial charge in [-0.25, -0.2) is 10.1 Å². The summed E-state index contributed by atoms with van der Waals surface area (Å²) in [5, 5.41) is 12.3. The van der Waals surface area contributed by atoms with E-state index in [0.717, 1.165) is 12.2 Å². The highest BCUT2D eigenvalue weighted by Crippen LogP contribution is 2.15. The van der Waals surface area contributed by atoms with Crippen molar-refractivity contribution in [3.8, 4) is 5.95 Å². The molecule has 1 N–H and O–H groups in total. The highest BCUT2D eigenvalue weighted by atomic mass is 32.2. The maximum Gasteiger partial charge on any atom is 0.268 e. The summed E-state index contributed by atoms with van der Waals surface area (Å²) in [7, 11) is 1.57. The molecule has 0 aromatic carbocycles. The van der Waals surface area contributed by atoms with Crippen LogP contribution in [0.25, 0.3) is 22.6 Å². The van der Waals surface area contributed by atoms with Gasteiger partial charge in [-0.15, -0.1) is 10.2 Å². The number of aromatic amines is 1. The van der Waals surface area contributed by atoms with Crippen molar-refractivity contribution in [3.63, 3.8) is 0 Å². The number of nitrogens with zero attached hydrogens (tertiary/aromatic N) is 7. The van der Waals surface area contributed by atoms with Crippen LogP contribution in [0, 0.1) is 0 Å². The Hall–Kier alpha value is -2.79. The Morgan fingerprint density at radius 3 is 3.04 bits per heavy atom. The van der Waals surface area contributed by atoms with Gasteiger partial charge in [0.1, 0.15) is 6.61 Å². The van der Waals surface area contributed by atoms with E-state index in [1.165, 1.54) is 22.5 Å². The van der Waals surface area contributed by atoms with Crippen molar-refractivity contribution in [2.45, 2.75) is 25.1 Å². The van der Waals surface area contributed by atoms with Crippen LogP contribution in [-0.2, 0) is 11.3 Å². The van der Waals surface area contributed by atoms with Crippen LogP contribution < -0.4 is 5.56 Å². The molecule has 0 spiro atoms. The smallest absolute Gasteiger partial charge is 0.268 e. The highest BCUT2D eigenvalue weighted by Gasteiger charge is 2.14. The van der Waals surface area contributed by atoms with Gasteiger partial charge in [-0.3, -0.25) is 9.36 Å². The van der Waals surface area contributed by atoms with E-state index < -0.39 is 0 Å². The number of hydrogen-bond donors (Lipinski definition) is 1. The Morgan fingerprint density at radius 1 is 1.35 bits per heavy atom. The molecule has 0 saturated carbocycles. The quantitative estimate of drug-likeness (QED) is 0.502. The molecule has 0 amide bonds. The van der Waals surface area contributed by atoms with Gasteiger partial charge in [-0.1, -0.05) is 18.7 Å². The molecule has 4 heterocycles. The van der Waals surface area contributed by atoms with Crippen LogP contribution in [-0.4, -0.2) is 52.2 Å². The van der Waals surface area contributed by atoms with Crippen LogP contribution in [0.4, 0.5) is 0 Å². The third kappa shape index (κ3) is 2.84. The number of methoxy groups -OCH3 is 1. The minimum absolute atomic E-state index is 0.260. The Kier molecular flexibility index (Phi) is 4.39. The standard InChI is InChI=1S/C15H16N8O2S/c1-3-6-26-15-18-14(19-20-15)22-5-4-10-9(12(22)24)7-16-13-17-11(8-25-2)21-23(10)13/h4-5,7H,3,6,8H2,1-2H3,(H,18,19,20). The number of fused-ring (bicyclic) bond motifs is 3. The fraction of sp³-hybridized carbons (Fsp3) is 0.333. The fourth-order valence-corrected chi connectivity index (χ4v) is 3.17. The van der Waals surface area contributed by atoms with Gasteiger partial charge in [0.25, 0.3) is 11.3 Å². The average molecular weight is 372 g/mol. The van der Waals surface area contributed by atoms with E-state index >= 15 is 0 Å². The van der Waals surface area contributed by atoms with Crippen molar-refractivity contribution < 1.29 is 4.74 Å². The summed E-state index contributed by atoms with van der Waals surface area (Å²) >= 11 is 1.54. The molecule has 0 radical (unpaired) electrons. The summed E-state index contributed by atoms with van der Waals surface area (Å²) < 4.78 is 8.00. The van der Waals surface area contributed by atoms with E-state index in [4.69, 9.17) is 4.74 Å². The number of pyridine rings is 1. The summed E-state index contributed by atoms with van der Waals surface area (Å²) in [6, 6.07) is 1.78. The summed E-state index contributed by atoms with van der Waals surface area (Å²) in [4.78, 5) is 25.7. The minimum atomic E-state index is -0.260. The molecule has 26 heavy (non-hydrogen) atoms. The Labute approximate surface area is 151 Å². The summed E-state index contributed by atoms with van der Waals surface area (Å²) in [6.45, 7) is 2.36. The molecule has 10 nitrogen and oxygen atoms in total. The molecule has 134 valence electrons. The lowest BCUT2D eigenvalue weighted by Gasteiger charge is -2.04. The minimum Gasteiger partial charge on any atom is -0.377 e. The summed E-state index contributed by atoms with van der Waals surface area (Å²) in [5.41, 5.74) is 0.357. The second kappa shape index (κ2) is 6.84. The van der Waals surface area contributed by atoms with Gasteiger partial charge < -0.3 is 4.74 Å². The molecular formula is C15H16N8O2S. The van der Waals surface area contributed by atoms with Crippen molar-refractivity contribution >= 4 is 28.4 Å². The molecule has 0 bridgehead atoms. The van der Waals surface area contributed by atoms with Crippen LogP contribution in [0.15, 0.2) is 28.4 Å². The topological polar surface area (TPSA) is 116 Å². The van der Waals surface area contributed by atoms with Crippen molar-refractivity contribution in [1.82, 2.24) is 39.3 Å². The van der Waals surface area contributed by atoms with E-state index in [-0.39, 0.29) is 12.2 Å². The van der Waals surface area contributed by atoms with Gasteiger partial charge in [0, 0.05) is 25.3 Å². The first kappa shape index (κ1) is 16.7. The molecule has 0 unspecified atom stereocenters. The van der Waals surface area contributed by atoms with E-state index in [1.807, 2.05) is 0 Å². The van der Waals surface area contributed by atoms with Gasteiger partial charge >= 0.3 is 0 Å². The molecule has 0 saturated heterocycles. The number of hydrogen-bond acceptors (Lipinski definition) is 8. The Bertz CT molecular complexity index is 1130. The van der Waals surface area contributed by atoms with E-state index in [0.29, 0.717) is 33.6 Å². The lowest BCUT2D eigenvalue weighted by atomic mass is 10.3. The van der Waals surface area contributed by atoms with Crippen molar-refractivity contribution in [1.29, 1.82) is 0 Å². The number of thioether (sulfide) groups is 1. The molecule has 0 aliphatic carbocycles. The normalized spacial score (nSPS) is 11.6. The molecule has 0 fully saturated rings. The summed E-state index contributed by atoms with van der Waals surface area (Å²) in [5.74, 6) is 2.21. The zero-order valence-electron chi connectivity index (χ0n) is 14.2. The lowest BCUT2D eigenvalue weighted by molar-refractivity contribution is 0.178. The maximum absolute atomic E-state index is 12.9. The first-order valence-electron chi connectivity index (χ1n) is 8.01. The van der Waals surface area contributed by atoms with Crippen LogP contribution >= 0.6 is 11.8 Å². The number of nitrogens with one attached hydrogen (secondary N) is 1. The van der Waals surface area contributed by atoms with Gasteiger partial charge in [0.05, 0.1) is 10.9 Å². The van der Waals surface area contributed by atoms with Gasteiger partial charge in [0.2, 0.25) is 11.1 Å². The molecule has 4 aromatic heterocycles. The van der Waals surface area contributed by atoms with Gasteiger partial charge in [-0.2, -0.15) is 14.5 Å². The average Bonchev–Trinajstić information content (AvgIpc) is 3.27. The molecule has 0 aliphatic rings. The van der Waals surface area contributed by atoms with E-state index in [9.17, 15) is 4.79 Å². The van der Waals surface area contributed by atoms with Crippen LogP contribution in [0.3, 0.4) is 0 Å². The van der Waals surface area contributed by atoms with Gasteiger partial charge in [-0.05, 0) is 12.5 Å². The number of ether oxygens (including phenoxy) is 1. The molecular weight excluding hydrogens is 356 g/mol. The Morgan fingerprint density at radius 2 is 2.23 bits per heavy atom. The molecule has 11 heteroatoms. The second-order valence-corrected chi connectivity index (χ2v) is 6.57. The van der Waals surface area contributed by atoms with Crippen LogP contribution in [0.5, 0.6) is 0 Å². The molecule has 0 aliphatic heterocycles. The maximum atomic E-state index is 12.9. The van der Waals surface area contributed by atoms with E-state index in [1.54, 1.807) is 23.9 Å². The largest absolute Gasteiger partial charge is 0.377 e. The molecule has 4 rings (SSSR count). The van der Waals surface area contributed by atoms with Gasteiger partial charge in [0.15, 0.2) is 5.82 Å². The zero-order chi connectivity index (χ0) is 18.1. The SMILES string of the molecule is CCCSc1n[nH]c(-n2ccc3c(cnc4nc(COC)nn43)c2=O)n1. The third-order valence-electron chi connectivity index (χ3n) is 3.67. The summed E-state index contributed by atoms with van der Waals surface area (Å²) in [6.07, 6.45) is 4.16. The highest BCUT2D eigenvalue weighted by molar-refractivity contribution is 7.99. The first-order valence-corrected chi connectivity index (χ1v) is 9.00. The fourth-order valence-electron chi connectivity index (χ4n) is 2.52. The second-order valence-electron chi connectivity index (χ2n) is 5.51. The predicted octanol–water partition coefficient (Wildman–Crippen LogP) is 1.19. The van der Waals surface area contributed by atoms with Crippen molar-refractivity contribution in [2.24, 2.45) is 0 Å². The molecule has 4 aromatic rings. The van der Waals surface area contributed by atoms with Crippen LogP contribution in [0.2, 0.25) is 0 Å². The monoisotopic (exact) mass is 372 g/mol. The number of H-pyrrole nitrogens is 1. The number of rotatable bonds is 6. The number of aromatic nitrogens is 8.